The van der Waals surface area contributed by atoms with Gasteiger partial charge in [-0.3, -0.25) is 0 Å². The Morgan fingerprint density at radius 2 is 2.11 bits per heavy atom. The van der Waals surface area contributed by atoms with Crippen LogP contribution in [0, 0.1) is 0 Å². The zero-order valence-corrected chi connectivity index (χ0v) is 11.2. The summed E-state index contributed by atoms with van der Waals surface area (Å²) in [5, 5.41) is 3.41. The van der Waals surface area contributed by atoms with Crippen LogP contribution in [0.25, 0.3) is 0 Å². The number of rotatable bonds is 7. The van der Waals surface area contributed by atoms with Gasteiger partial charge in [0, 0.05) is 25.3 Å². The summed E-state index contributed by atoms with van der Waals surface area (Å²) in [6, 6.07) is 8.43. The van der Waals surface area contributed by atoms with Crippen LogP contribution < -0.4 is 5.32 Å². The summed E-state index contributed by atoms with van der Waals surface area (Å²) in [5.41, 5.74) is 2.59. The lowest BCUT2D eigenvalue weighted by Crippen LogP contribution is -2.31. The van der Waals surface area contributed by atoms with Crippen molar-refractivity contribution in [2.45, 2.75) is 32.3 Å². The second-order valence-electron chi connectivity index (χ2n) is 4.70. The van der Waals surface area contributed by atoms with E-state index in [1.165, 1.54) is 17.7 Å². The fraction of sp³-hybridized carbons (Fsp3) is 0.600. The van der Waals surface area contributed by atoms with Gasteiger partial charge in [-0.25, -0.2) is 0 Å². The molecule has 1 N–H and O–H groups in total. The molecule has 1 aliphatic rings. The lowest BCUT2D eigenvalue weighted by atomic mass is 10.0. The van der Waals surface area contributed by atoms with Crippen molar-refractivity contribution in [3.05, 3.63) is 29.8 Å². The van der Waals surface area contributed by atoms with E-state index >= 15 is 0 Å². The van der Waals surface area contributed by atoms with Crippen LogP contribution in [0.3, 0.4) is 0 Å². The number of ether oxygens (including phenoxy) is 2. The van der Waals surface area contributed by atoms with Crippen molar-refractivity contribution in [3.63, 3.8) is 0 Å². The van der Waals surface area contributed by atoms with Crippen LogP contribution >= 0.6 is 0 Å². The zero-order chi connectivity index (χ0) is 12.6. The van der Waals surface area contributed by atoms with Gasteiger partial charge in [-0.2, -0.15) is 0 Å². The van der Waals surface area contributed by atoms with E-state index in [4.69, 9.17) is 9.47 Å². The summed E-state index contributed by atoms with van der Waals surface area (Å²) in [6.07, 6.45) is 3.59. The first-order chi connectivity index (χ1) is 8.90. The van der Waals surface area contributed by atoms with Crippen LogP contribution in [-0.4, -0.2) is 32.5 Å². The predicted molar refractivity (Wildman–Crippen MR) is 74.1 cm³/mol. The topological polar surface area (TPSA) is 30.5 Å². The number of hydrogen-bond acceptors (Lipinski definition) is 3. The molecule has 0 spiro atoms. The fourth-order valence-electron chi connectivity index (χ4n) is 2.15. The van der Waals surface area contributed by atoms with Gasteiger partial charge in [0.2, 0.25) is 0 Å². The van der Waals surface area contributed by atoms with Crippen molar-refractivity contribution in [1.82, 2.24) is 0 Å². The van der Waals surface area contributed by atoms with E-state index in [0.29, 0.717) is 13.2 Å². The highest BCUT2D eigenvalue weighted by Gasteiger charge is 2.17. The van der Waals surface area contributed by atoms with E-state index in [9.17, 15) is 0 Å². The summed E-state index contributed by atoms with van der Waals surface area (Å²) in [6.45, 7) is 5.32. The molecule has 0 aliphatic carbocycles. The lowest BCUT2D eigenvalue weighted by Gasteiger charge is -2.26. The van der Waals surface area contributed by atoms with Gasteiger partial charge in [-0.15, -0.1) is 0 Å². The Labute approximate surface area is 109 Å². The highest BCUT2D eigenvalue weighted by molar-refractivity contribution is 5.53. The minimum atomic E-state index is 0.273. The number of hydrogen-bond donors (Lipinski definition) is 1. The van der Waals surface area contributed by atoms with E-state index in [0.717, 1.165) is 26.0 Å². The maximum Gasteiger partial charge on any atom is 0.0789 e. The summed E-state index contributed by atoms with van der Waals surface area (Å²) in [5.74, 6) is 0. The SMILES string of the molecule is CCCCOCCOC1CNc2ccccc2C1. The van der Waals surface area contributed by atoms with Crippen LogP contribution in [-0.2, 0) is 15.9 Å². The first-order valence-corrected chi connectivity index (χ1v) is 6.91. The monoisotopic (exact) mass is 249 g/mol. The van der Waals surface area contributed by atoms with E-state index in [1.807, 2.05) is 0 Å². The van der Waals surface area contributed by atoms with Crippen molar-refractivity contribution in [3.8, 4) is 0 Å². The molecule has 3 heteroatoms. The van der Waals surface area contributed by atoms with Gasteiger partial charge >= 0.3 is 0 Å². The lowest BCUT2D eigenvalue weighted by molar-refractivity contribution is 0.00873. The molecular formula is C15H23NO2. The predicted octanol–water partition coefficient (Wildman–Crippen LogP) is 2.86. The van der Waals surface area contributed by atoms with Gasteiger partial charge in [0.1, 0.15) is 0 Å². The fourth-order valence-corrected chi connectivity index (χ4v) is 2.15. The molecule has 2 rings (SSSR count). The van der Waals surface area contributed by atoms with Crippen molar-refractivity contribution < 1.29 is 9.47 Å². The number of anilines is 1. The van der Waals surface area contributed by atoms with Crippen LogP contribution in [0.1, 0.15) is 25.3 Å². The van der Waals surface area contributed by atoms with Crippen molar-refractivity contribution in [2.75, 3.05) is 31.7 Å². The van der Waals surface area contributed by atoms with E-state index in [1.54, 1.807) is 0 Å². The third kappa shape index (κ3) is 4.00. The summed E-state index contributed by atoms with van der Waals surface area (Å²) in [4.78, 5) is 0. The molecule has 0 saturated heterocycles. The third-order valence-electron chi connectivity index (χ3n) is 3.21. The van der Waals surface area contributed by atoms with E-state index in [-0.39, 0.29) is 6.10 Å². The molecule has 0 aromatic heterocycles. The molecule has 0 fully saturated rings. The minimum absolute atomic E-state index is 0.273. The molecule has 1 heterocycles. The highest BCUT2D eigenvalue weighted by atomic mass is 16.5. The van der Waals surface area contributed by atoms with Gasteiger partial charge in [-0.05, 0) is 18.1 Å². The molecule has 1 atom stereocenters. The average molecular weight is 249 g/mol. The van der Waals surface area contributed by atoms with Gasteiger partial charge in [0.15, 0.2) is 0 Å². The Balaban J connectivity index is 1.64. The number of para-hydroxylation sites is 1. The molecule has 0 amide bonds. The Bertz CT molecular complexity index is 354. The van der Waals surface area contributed by atoms with Crippen molar-refractivity contribution >= 4 is 5.69 Å². The standard InChI is InChI=1S/C15H23NO2/c1-2-3-8-17-9-10-18-14-11-13-6-4-5-7-15(13)16-12-14/h4-7,14,16H,2-3,8-12H2,1H3. The van der Waals surface area contributed by atoms with Crippen molar-refractivity contribution in [1.29, 1.82) is 0 Å². The van der Waals surface area contributed by atoms with Crippen LogP contribution in [0.5, 0.6) is 0 Å². The number of unbranched alkanes of at least 4 members (excludes halogenated alkanes) is 1. The Hall–Kier alpha value is -1.06. The minimum Gasteiger partial charge on any atom is -0.382 e. The van der Waals surface area contributed by atoms with Gasteiger partial charge in [0.05, 0.1) is 19.3 Å². The molecule has 1 unspecified atom stereocenters. The smallest absolute Gasteiger partial charge is 0.0789 e. The summed E-state index contributed by atoms with van der Waals surface area (Å²) < 4.78 is 11.3. The van der Waals surface area contributed by atoms with Crippen LogP contribution in [0.15, 0.2) is 24.3 Å². The second kappa shape index (κ2) is 7.39. The average Bonchev–Trinajstić information content (AvgIpc) is 2.42. The van der Waals surface area contributed by atoms with Crippen molar-refractivity contribution in [2.24, 2.45) is 0 Å². The van der Waals surface area contributed by atoms with E-state index in [2.05, 4.69) is 36.5 Å². The first-order valence-electron chi connectivity index (χ1n) is 6.91. The molecule has 18 heavy (non-hydrogen) atoms. The zero-order valence-electron chi connectivity index (χ0n) is 11.2. The molecule has 3 nitrogen and oxygen atoms in total. The Kier molecular flexibility index (Phi) is 5.49. The Morgan fingerprint density at radius 1 is 1.22 bits per heavy atom. The molecule has 0 saturated carbocycles. The Morgan fingerprint density at radius 3 is 3.00 bits per heavy atom. The molecule has 1 aliphatic heterocycles. The quantitative estimate of drug-likeness (QED) is 0.754. The van der Waals surface area contributed by atoms with Crippen LogP contribution in [0.2, 0.25) is 0 Å². The number of fused-ring (bicyclic) bond motifs is 1. The van der Waals surface area contributed by atoms with Gasteiger partial charge in [0.25, 0.3) is 0 Å². The highest BCUT2D eigenvalue weighted by Crippen LogP contribution is 2.22. The number of benzene rings is 1. The molecule has 1 aromatic rings. The third-order valence-corrected chi connectivity index (χ3v) is 3.21. The summed E-state index contributed by atoms with van der Waals surface area (Å²) >= 11 is 0. The normalized spacial score (nSPS) is 18.2. The van der Waals surface area contributed by atoms with E-state index < -0.39 is 0 Å². The maximum absolute atomic E-state index is 5.83. The molecule has 0 bridgehead atoms. The second-order valence-corrected chi connectivity index (χ2v) is 4.70. The molecular weight excluding hydrogens is 226 g/mol. The molecule has 100 valence electrons. The first kappa shape index (κ1) is 13.4. The number of nitrogens with one attached hydrogen (secondary N) is 1. The van der Waals surface area contributed by atoms with Gasteiger partial charge < -0.3 is 14.8 Å². The van der Waals surface area contributed by atoms with Crippen LogP contribution in [0.4, 0.5) is 5.69 Å². The maximum atomic E-state index is 5.83. The van der Waals surface area contributed by atoms with Gasteiger partial charge in [-0.1, -0.05) is 31.5 Å². The largest absolute Gasteiger partial charge is 0.382 e. The molecule has 1 aromatic carbocycles. The summed E-state index contributed by atoms with van der Waals surface area (Å²) in [7, 11) is 0. The molecule has 0 radical (unpaired) electrons.